The third-order valence-electron chi connectivity index (χ3n) is 9.71. The summed E-state index contributed by atoms with van der Waals surface area (Å²) in [6, 6.07) is 0. The summed E-state index contributed by atoms with van der Waals surface area (Å²) in [5.74, 6) is -0.641. The fourth-order valence-electron chi connectivity index (χ4n) is 6.09. The molecule has 0 radical (unpaired) electrons. The molecule has 0 saturated carbocycles. The summed E-state index contributed by atoms with van der Waals surface area (Å²) < 4.78 is 10.6. The van der Waals surface area contributed by atoms with Crippen molar-refractivity contribution in [3.8, 4) is 0 Å². The van der Waals surface area contributed by atoms with Crippen LogP contribution in [0.15, 0.2) is 134 Å². The number of aliphatic hydroxyl groups excluding tert-OH is 1. The lowest BCUT2D eigenvalue weighted by Crippen LogP contribution is -2.28. The predicted molar refractivity (Wildman–Crippen MR) is 264 cm³/mol. The molecule has 0 aliphatic heterocycles. The standard InChI is InChI=1S/C56H88O5/c1-3-5-7-9-11-13-15-16-17-18-19-20-21-22-23-24-25-26-27-28-29-30-31-32-33-34-35-36-37-38-39-40-41-43-45-47-49-51-56(59)61-54(52-57)53-60-55(58)50-48-46-44-42-14-12-10-8-6-4-2/h5,7,11,13,16-17,19-20,22-23,25-26,28-29,31-32,34-35,37-38,40-41,54,57H,3-4,6,8-10,12,14-15,18,21,24,27,30,33,36,39,42-53H2,1-2H3/b7-5-,13-11-,17-16-,20-19-,23-22-,26-25-,29-28-,32-31-,35-34-,38-37-,41-40-. The molecule has 342 valence electrons. The molecule has 0 aliphatic carbocycles. The number of hydrogen-bond acceptors (Lipinski definition) is 5. The van der Waals surface area contributed by atoms with Crippen LogP contribution in [0.3, 0.4) is 0 Å². The Hall–Kier alpha value is -3.96. The van der Waals surface area contributed by atoms with E-state index in [1.54, 1.807) is 0 Å². The molecule has 61 heavy (non-hydrogen) atoms. The third kappa shape index (κ3) is 48.6. The fraction of sp³-hybridized carbons (Fsp3) is 0.571. The molecule has 0 saturated heterocycles. The zero-order valence-electron chi connectivity index (χ0n) is 38.9. The van der Waals surface area contributed by atoms with Gasteiger partial charge in [0.1, 0.15) is 6.61 Å². The van der Waals surface area contributed by atoms with Crippen LogP contribution in [0, 0.1) is 0 Å². The van der Waals surface area contributed by atoms with Gasteiger partial charge in [-0.25, -0.2) is 0 Å². The van der Waals surface area contributed by atoms with Crippen LogP contribution >= 0.6 is 0 Å². The Bertz CT molecular complexity index is 1320. The Morgan fingerprint density at radius 3 is 1.07 bits per heavy atom. The van der Waals surface area contributed by atoms with Gasteiger partial charge in [-0.05, 0) is 96.3 Å². The predicted octanol–water partition coefficient (Wildman–Crippen LogP) is 16.1. The van der Waals surface area contributed by atoms with Crippen molar-refractivity contribution < 1.29 is 24.2 Å². The average molecular weight is 841 g/mol. The molecule has 0 heterocycles. The van der Waals surface area contributed by atoms with Gasteiger partial charge in [0.25, 0.3) is 0 Å². The zero-order chi connectivity index (χ0) is 44.2. The van der Waals surface area contributed by atoms with Crippen molar-refractivity contribution in [1.82, 2.24) is 0 Å². The molecule has 0 aromatic heterocycles. The van der Waals surface area contributed by atoms with Crippen molar-refractivity contribution in [3.05, 3.63) is 134 Å². The first kappa shape index (κ1) is 57.0. The lowest BCUT2D eigenvalue weighted by molar-refractivity contribution is -0.161. The molecule has 5 nitrogen and oxygen atoms in total. The van der Waals surface area contributed by atoms with E-state index in [0.29, 0.717) is 12.8 Å². The molecule has 0 rings (SSSR count). The normalized spacial score (nSPS) is 13.4. The molecule has 1 N–H and O–H groups in total. The Balaban J connectivity index is 3.70. The van der Waals surface area contributed by atoms with Crippen molar-refractivity contribution in [3.63, 3.8) is 0 Å². The van der Waals surface area contributed by atoms with Gasteiger partial charge in [0.05, 0.1) is 6.61 Å². The van der Waals surface area contributed by atoms with Crippen molar-refractivity contribution in [2.45, 2.75) is 193 Å². The molecule has 1 atom stereocenters. The van der Waals surface area contributed by atoms with Gasteiger partial charge in [-0.2, -0.15) is 0 Å². The second kappa shape index (κ2) is 50.4. The number of rotatable bonds is 42. The topological polar surface area (TPSA) is 72.8 Å². The van der Waals surface area contributed by atoms with Crippen LogP contribution in [0.4, 0.5) is 0 Å². The smallest absolute Gasteiger partial charge is 0.306 e. The lowest BCUT2D eigenvalue weighted by Gasteiger charge is -2.15. The second-order valence-corrected chi connectivity index (χ2v) is 15.5. The van der Waals surface area contributed by atoms with E-state index in [1.807, 2.05) is 0 Å². The van der Waals surface area contributed by atoms with Gasteiger partial charge in [-0.3, -0.25) is 9.59 Å². The van der Waals surface area contributed by atoms with E-state index >= 15 is 0 Å². The maximum Gasteiger partial charge on any atom is 0.306 e. The molecule has 0 fully saturated rings. The number of unbranched alkanes of at least 4 members (excludes halogenated alkanes) is 12. The summed E-state index contributed by atoms with van der Waals surface area (Å²) in [5.41, 5.74) is 0. The number of allylic oxidation sites excluding steroid dienone is 22. The molecule has 0 spiro atoms. The van der Waals surface area contributed by atoms with Crippen molar-refractivity contribution >= 4 is 11.9 Å². The molecule has 0 aromatic carbocycles. The number of carbonyl (C=O) groups is 2. The maximum atomic E-state index is 12.2. The minimum atomic E-state index is -0.795. The van der Waals surface area contributed by atoms with E-state index in [0.717, 1.165) is 116 Å². The summed E-state index contributed by atoms with van der Waals surface area (Å²) in [6.45, 7) is 3.96. The highest BCUT2D eigenvalue weighted by molar-refractivity contribution is 5.70. The quantitative estimate of drug-likeness (QED) is 0.0376. The van der Waals surface area contributed by atoms with Crippen LogP contribution in [0.1, 0.15) is 187 Å². The van der Waals surface area contributed by atoms with Crippen LogP contribution in [0.5, 0.6) is 0 Å². The molecular formula is C56H88O5. The first-order chi connectivity index (χ1) is 30.1. The number of aliphatic hydroxyl groups is 1. The monoisotopic (exact) mass is 841 g/mol. The summed E-state index contributed by atoms with van der Waals surface area (Å²) in [7, 11) is 0. The molecule has 0 amide bonds. The Morgan fingerprint density at radius 2 is 0.705 bits per heavy atom. The SMILES string of the molecule is CC/C=C\C/C=C\C/C=C\C/C=C\C/C=C\C/C=C\C/C=C\C/C=C\C/C=C\C/C=C\C/C=C\CCCCCC(=O)OC(CO)COC(=O)CCCCCCCCCCCC. The maximum absolute atomic E-state index is 12.2. The van der Waals surface area contributed by atoms with E-state index in [4.69, 9.17) is 9.47 Å². The highest BCUT2D eigenvalue weighted by Gasteiger charge is 2.16. The van der Waals surface area contributed by atoms with Gasteiger partial charge in [-0.1, -0.05) is 212 Å². The molecule has 5 heteroatoms. The molecular weight excluding hydrogens is 753 g/mol. The van der Waals surface area contributed by atoms with Gasteiger partial charge in [-0.15, -0.1) is 0 Å². The second-order valence-electron chi connectivity index (χ2n) is 15.5. The van der Waals surface area contributed by atoms with E-state index in [2.05, 4.69) is 148 Å². The summed E-state index contributed by atoms with van der Waals surface area (Å²) in [5, 5.41) is 9.56. The minimum absolute atomic E-state index is 0.0859. The van der Waals surface area contributed by atoms with Gasteiger partial charge in [0.2, 0.25) is 0 Å². The molecule has 0 aliphatic rings. The van der Waals surface area contributed by atoms with Gasteiger partial charge in [0, 0.05) is 12.8 Å². The van der Waals surface area contributed by atoms with E-state index < -0.39 is 6.10 Å². The first-order valence-electron chi connectivity index (χ1n) is 24.2. The van der Waals surface area contributed by atoms with Crippen LogP contribution < -0.4 is 0 Å². The van der Waals surface area contributed by atoms with Crippen LogP contribution in [-0.4, -0.2) is 36.4 Å². The van der Waals surface area contributed by atoms with Gasteiger partial charge < -0.3 is 14.6 Å². The average Bonchev–Trinajstić information content (AvgIpc) is 3.26. The minimum Gasteiger partial charge on any atom is -0.462 e. The Labute approximate surface area is 375 Å². The van der Waals surface area contributed by atoms with Crippen molar-refractivity contribution in [2.24, 2.45) is 0 Å². The highest BCUT2D eigenvalue weighted by atomic mass is 16.6. The van der Waals surface area contributed by atoms with Crippen molar-refractivity contribution in [1.29, 1.82) is 0 Å². The van der Waals surface area contributed by atoms with E-state index in [1.165, 1.54) is 44.9 Å². The van der Waals surface area contributed by atoms with Gasteiger partial charge in [0.15, 0.2) is 6.10 Å². The van der Waals surface area contributed by atoms with Crippen molar-refractivity contribution in [2.75, 3.05) is 13.2 Å². The van der Waals surface area contributed by atoms with Crippen LogP contribution in [0.25, 0.3) is 0 Å². The molecule has 1 unspecified atom stereocenters. The highest BCUT2D eigenvalue weighted by Crippen LogP contribution is 2.12. The number of esters is 2. The lowest BCUT2D eigenvalue weighted by atomic mass is 10.1. The molecule has 0 bridgehead atoms. The van der Waals surface area contributed by atoms with Gasteiger partial charge >= 0.3 is 11.9 Å². The zero-order valence-corrected chi connectivity index (χ0v) is 38.9. The number of ether oxygens (including phenoxy) is 2. The first-order valence-corrected chi connectivity index (χ1v) is 24.2. The number of hydrogen-bond donors (Lipinski definition) is 1. The van der Waals surface area contributed by atoms with Crippen LogP contribution in [-0.2, 0) is 19.1 Å². The largest absolute Gasteiger partial charge is 0.462 e. The fourth-order valence-corrected chi connectivity index (χ4v) is 6.09. The summed E-state index contributed by atoms with van der Waals surface area (Å²) in [6.07, 6.45) is 75.5. The van der Waals surface area contributed by atoms with E-state index in [9.17, 15) is 14.7 Å². The third-order valence-corrected chi connectivity index (χ3v) is 9.71. The summed E-state index contributed by atoms with van der Waals surface area (Å²) in [4.78, 5) is 24.3. The summed E-state index contributed by atoms with van der Waals surface area (Å²) >= 11 is 0. The number of carbonyl (C=O) groups excluding carboxylic acids is 2. The van der Waals surface area contributed by atoms with Crippen LogP contribution in [0.2, 0.25) is 0 Å². The molecule has 0 aromatic rings. The Kier molecular flexibility index (Phi) is 47.1. The van der Waals surface area contributed by atoms with E-state index in [-0.39, 0.29) is 25.2 Å². The Morgan fingerprint density at radius 1 is 0.393 bits per heavy atom.